The summed E-state index contributed by atoms with van der Waals surface area (Å²) < 4.78 is 38.9. The number of carboxylic acid groups (broad SMARTS) is 1. The molecule has 1 aliphatic carbocycles. The van der Waals surface area contributed by atoms with Crippen molar-refractivity contribution in [3.8, 4) is 0 Å². The molecule has 1 saturated heterocycles. The molecule has 2 fully saturated rings. The van der Waals surface area contributed by atoms with E-state index in [-0.39, 0.29) is 24.3 Å². The van der Waals surface area contributed by atoms with Gasteiger partial charge in [-0.05, 0) is 39.0 Å². The Morgan fingerprint density at radius 3 is 2.52 bits per heavy atom. The first-order valence-electron chi connectivity index (χ1n) is 9.22. The molecule has 1 saturated carbocycles. The van der Waals surface area contributed by atoms with Gasteiger partial charge in [0.2, 0.25) is 5.91 Å². The zero-order chi connectivity index (χ0) is 19.9. The molecular weight excluding hydrogens is 363 g/mol. The number of alkyl halides is 3. The summed E-state index contributed by atoms with van der Waals surface area (Å²) in [6, 6.07) is -0.936. The third kappa shape index (κ3) is 3.96. The van der Waals surface area contributed by atoms with Crippen molar-refractivity contribution in [1.82, 2.24) is 14.7 Å². The number of hydrogen-bond donors (Lipinski definition) is 1. The van der Waals surface area contributed by atoms with Crippen LogP contribution in [0.2, 0.25) is 0 Å². The Bertz CT molecular complexity index is 744. The topological polar surface area (TPSA) is 75.4 Å². The fourth-order valence-corrected chi connectivity index (χ4v) is 4.60. The smallest absolute Gasteiger partial charge is 0.408 e. The summed E-state index contributed by atoms with van der Waals surface area (Å²) in [5.41, 5.74) is 1.12. The molecule has 3 atom stereocenters. The van der Waals surface area contributed by atoms with Crippen molar-refractivity contribution in [2.45, 2.75) is 77.2 Å². The highest BCUT2D eigenvalue weighted by Gasteiger charge is 2.47. The van der Waals surface area contributed by atoms with E-state index in [1.165, 1.54) is 11.8 Å². The quantitative estimate of drug-likeness (QED) is 0.862. The molecule has 1 aromatic heterocycles. The van der Waals surface area contributed by atoms with Crippen LogP contribution in [0, 0.1) is 19.8 Å². The van der Waals surface area contributed by atoms with Crippen LogP contribution in [0.3, 0.4) is 0 Å². The van der Waals surface area contributed by atoms with E-state index in [2.05, 4.69) is 5.10 Å². The standard InChI is InChI=1S/C18H24F3N3O3/c1-10-13(11(2)23(22-10)9-18(19,20)21)8-16(25)24-14-6-4-3-5-12(14)7-15(24)17(26)27/h12,14-15H,3-9H2,1-2H3,(H,26,27). The highest BCUT2D eigenvalue weighted by atomic mass is 19.4. The molecule has 0 aromatic carbocycles. The van der Waals surface area contributed by atoms with E-state index in [1.54, 1.807) is 6.92 Å². The van der Waals surface area contributed by atoms with Gasteiger partial charge in [-0.1, -0.05) is 12.8 Å². The number of fused-ring (bicyclic) bond motifs is 1. The number of carbonyl (C=O) groups excluding carboxylic acids is 1. The minimum atomic E-state index is -4.40. The predicted molar refractivity (Wildman–Crippen MR) is 90.1 cm³/mol. The number of amides is 1. The minimum Gasteiger partial charge on any atom is -0.480 e. The maximum atomic E-state index is 13.0. The lowest BCUT2D eigenvalue weighted by Crippen LogP contribution is -2.47. The lowest BCUT2D eigenvalue weighted by Gasteiger charge is -2.33. The summed E-state index contributed by atoms with van der Waals surface area (Å²) in [5.74, 6) is -1.16. The molecule has 2 heterocycles. The average Bonchev–Trinajstić information content (AvgIpc) is 3.07. The monoisotopic (exact) mass is 387 g/mol. The molecule has 3 unspecified atom stereocenters. The summed E-state index contributed by atoms with van der Waals surface area (Å²) in [7, 11) is 0. The Hall–Kier alpha value is -2.06. The van der Waals surface area contributed by atoms with E-state index >= 15 is 0 Å². The van der Waals surface area contributed by atoms with Crippen molar-refractivity contribution >= 4 is 11.9 Å². The molecule has 1 aromatic rings. The van der Waals surface area contributed by atoms with Crippen molar-refractivity contribution in [1.29, 1.82) is 0 Å². The largest absolute Gasteiger partial charge is 0.480 e. The number of aliphatic carboxylic acids is 1. The van der Waals surface area contributed by atoms with Gasteiger partial charge in [-0.25, -0.2) is 4.79 Å². The molecule has 2 aliphatic rings. The van der Waals surface area contributed by atoms with Crippen LogP contribution < -0.4 is 0 Å². The molecule has 0 bridgehead atoms. The van der Waals surface area contributed by atoms with Crippen LogP contribution in [0.15, 0.2) is 0 Å². The second kappa shape index (κ2) is 7.16. The van der Waals surface area contributed by atoms with Crippen LogP contribution in [-0.2, 0) is 22.6 Å². The fourth-order valence-electron chi connectivity index (χ4n) is 4.60. The molecule has 1 amide bonds. The molecular formula is C18H24F3N3O3. The van der Waals surface area contributed by atoms with Gasteiger partial charge in [-0.2, -0.15) is 18.3 Å². The van der Waals surface area contributed by atoms with E-state index in [1.807, 2.05) is 0 Å². The van der Waals surface area contributed by atoms with Gasteiger partial charge in [0.1, 0.15) is 12.6 Å². The Balaban J connectivity index is 1.83. The van der Waals surface area contributed by atoms with E-state index < -0.39 is 24.7 Å². The summed E-state index contributed by atoms with van der Waals surface area (Å²) in [4.78, 5) is 26.1. The van der Waals surface area contributed by atoms with Crippen molar-refractivity contribution in [2.75, 3.05) is 0 Å². The zero-order valence-corrected chi connectivity index (χ0v) is 15.4. The number of likely N-dealkylation sites (tertiary alicyclic amines) is 1. The second-order valence-corrected chi connectivity index (χ2v) is 7.60. The van der Waals surface area contributed by atoms with Crippen molar-refractivity contribution < 1.29 is 27.9 Å². The Labute approximate surface area is 155 Å². The van der Waals surface area contributed by atoms with Gasteiger partial charge >= 0.3 is 12.1 Å². The van der Waals surface area contributed by atoms with Crippen LogP contribution in [0.1, 0.15) is 49.1 Å². The highest BCUT2D eigenvalue weighted by Crippen LogP contribution is 2.40. The number of halogens is 3. The van der Waals surface area contributed by atoms with Crippen molar-refractivity contribution in [2.24, 2.45) is 5.92 Å². The molecule has 27 heavy (non-hydrogen) atoms. The Kier molecular flexibility index (Phi) is 5.22. The summed E-state index contributed by atoms with van der Waals surface area (Å²) in [5, 5.41) is 13.5. The zero-order valence-electron chi connectivity index (χ0n) is 15.4. The normalized spacial score (nSPS) is 25.5. The maximum absolute atomic E-state index is 13.0. The predicted octanol–water partition coefficient (Wildman–Crippen LogP) is 2.85. The van der Waals surface area contributed by atoms with Gasteiger partial charge in [0.25, 0.3) is 0 Å². The van der Waals surface area contributed by atoms with Gasteiger partial charge in [0, 0.05) is 17.3 Å². The third-order valence-corrected chi connectivity index (χ3v) is 5.85. The first-order valence-corrected chi connectivity index (χ1v) is 9.22. The van der Waals surface area contributed by atoms with Crippen LogP contribution >= 0.6 is 0 Å². The molecule has 9 heteroatoms. The Morgan fingerprint density at radius 2 is 1.89 bits per heavy atom. The van der Waals surface area contributed by atoms with Crippen LogP contribution in [-0.4, -0.2) is 49.9 Å². The maximum Gasteiger partial charge on any atom is 0.408 e. The molecule has 0 radical (unpaired) electrons. The number of hydrogen-bond acceptors (Lipinski definition) is 3. The lowest BCUT2D eigenvalue weighted by atomic mass is 9.84. The number of nitrogens with zero attached hydrogens (tertiary/aromatic N) is 3. The van der Waals surface area contributed by atoms with Crippen LogP contribution in [0.25, 0.3) is 0 Å². The number of aromatic nitrogens is 2. The summed E-state index contributed by atoms with van der Waals surface area (Å²) in [6.07, 6.45) is -0.370. The molecule has 6 nitrogen and oxygen atoms in total. The molecule has 0 spiro atoms. The van der Waals surface area contributed by atoms with Gasteiger partial charge in [-0.15, -0.1) is 0 Å². The second-order valence-electron chi connectivity index (χ2n) is 7.60. The Morgan fingerprint density at radius 1 is 1.22 bits per heavy atom. The van der Waals surface area contributed by atoms with Gasteiger partial charge < -0.3 is 10.0 Å². The highest BCUT2D eigenvalue weighted by molar-refractivity contribution is 5.86. The van der Waals surface area contributed by atoms with Crippen molar-refractivity contribution in [3.05, 3.63) is 17.0 Å². The summed E-state index contributed by atoms with van der Waals surface area (Å²) >= 11 is 0. The number of rotatable bonds is 4. The minimum absolute atomic E-state index is 0.0850. The van der Waals surface area contributed by atoms with Gasteiger partial charge in [0.15, 0.2) is 0 Å². The first kappa shape index (κ1) is 19.7. The van der Waals surface area contributed by atoms with Crippen LogP contribution in [0.4, 0.5) is 13.2 Å². The molecule has 3 rings (SSSR count). The van der Waals surface area contributed by atoms with Crippen molar-refractivity contribution in [3.63, 3.8) is 0 Å². The lowest BCUT2D eigenvalue weighted by molar-refractivity contribution is -0.149. The molecule has 1 N–H and O–H groups in total. The SMILES string of the molecule is Cc1nn(CC(F)(F)F)c(C)c1CC(=O)N1C(C(=O)O)CC2CCCCC21. The van der Waals surface area contributed by atoms with Gasteiger partial charge in [0.05, 0.1) is 12.1 Å². The van der Waals surface area contributed by atoms with E-state index in [9.17, 15) is 27.9 Å². The average molecular weight is 387 g/mol. The number of carbonyl (C=O) groups is 2. The molecule has 1 aliphatic heterocycles. The third-order valence-electron chi connectivity index (χ3n) is 5.85. The number of aryl methyl sites for hydroxylation is 1. The summed E-state index contributed by atoms with van der Waals surface area (Å²) in [6.45, 7) is 1.88. The molecule has 150 valence electrons. The van der Waals surface area contributed by atoms with E-state index in [4.69, 9.17) is 0 Å². The van der Waals surface area contributed by atoms with Gasteiger partial charge in [-0.3, -0.25) is 9.48 Å². The van der Waals surface area contributed by atoms with Crippen LogP contribution in [0.5, 0.6) is 0 Å². The fraction of sp³-hybridized carbons (Fsp3) is 0.722. The number of carboxylic acids is 1. The first-order chi connectivity index (χ1) is 12.6. The van der Waals surface area contributed by atoms with E-state index in [0.29, 0.717) is 23.4 Å². The van der Waals surface area contributed by atoms with E-state index in [0.717, 1.165) is 30.4 Å².